The lowest BCUT2D eigenvalue weighted by molar-refractivity contribution is -0.385. The Bertz CT molecular complexity index is 1330. The third-order valence-electron chi connectivity index (χ3n) is 5.74. The van der Waals surface area contributed by atoms with Crippen molar-refractivity contribution in [2.24, 2.45) is 0 Å². The molecule has 1 atom stereocenters. The van der Waals surface area contributed by atoms with Crippen molar-refractivity contribution in [2.75, 3.05) is 27.4 Å². The smallest absolute Gasteiger partial charge is 0.314 e. The molecule has 1 amide bonds. The number of nitro groups is 1. The molecule has 0 bridgehead atoms. The number of H-pyrrole nitrogens is 1. The fraction of sp³-hybridized carbons (Fsp3) is 0.192. The van der Waals surface area contributed by atoms with Gasteiger partial charge < -0.3 is 24.5 Å². The van der Waals surface area contributed by atoms with Crippen molar-refractivity contribution in [1.29, 1.82) is 0 Å². The van der Waals surface area contributed by atoms with Crippen molar-refractivity contribution in [3.8, 4) is 17.2 Å². The fourth-order valence-electron chi connectivity index (χ4n) is 3.92. The van der Waals surface area contributed by atoms with E-state index in [1.807, 2.05) is 54.7 Å². The van der Waals surface area contributed by atoms with Gasteiger partial charge in [0.15, 0.2) is 12.4 Å². The van der Waals surface area contributed by atoms with Gasteiger partial charge in [0.25, 0.3) is 5.91 Å². The van der Waals surface area contributed by atoms with Crippen LogP contribution in [0.5, 0.6) is 17.2 Å². The van der Waals surface area contributed by atoms with Gasteiger partial charge in [-0.05, 0) is 41.5 Å². The second-order valence-corrected chi connectivity index (χ2v) is 7.80. The standard InChI is InChI=1S/C26H25N3O6/c1-33-18-9-7-17(8-10-18)21(22-15-27-23-6-4-3-5-20(22)23)14-28-26(30)16-35-25-12-11-19(34-2)13-24(25)29(31)32/h3-13,15,21,27H,14,16H2,1-2H3,(H,28,30). The molecule has 0 fully saturated rings. The number of nitrogens with one attached hydrogen (secondary N) is 2. The average Bonchev–Trinajstić information content (AvgIpc) is 3.31. The molecule has 35 heavy (non-hydrogen) atoms. The van der Waals surface area contributed by atoms with Crippen LogP contribution in [0.1, 0.15) is 17.0 Å². The number of nitro benzene ring substituents is 1. The maximum Gasteiger partial charge on any atom is 0.314 e. The number of methoxy groups -OCH3 is 2. The van der Waals surface area contributed by atoms with E-state index < -0.39 is 10.8 Å². The first-order chi connectivity index (χ1) is 17.0. The molecule has 4 aromatic rings. The lowest BCUT2D eigenvalue weighted by Crippen LogP contribution is -2.32. The van der Waals surface area contributed by atoms with Crippen molar-refractivity contribution >= 4 is 22.5 Å². The molecule has 0 aliphatic heterocycles. The number of para-hydroxylation sites is 1. The SMILES string of the molecule is COc1ccc(C(CNC(=O)COc2ccc(OC)cc2[N+](=O)[O-])c2c[nH]c3ccccc23)cc1. The molecule has 180 valence electrons. The van der Waals surface area contributed by atoms with Gasteiger partial charge in [0.05, 0.1) is 25.2 Å². The van der Waals surface area contributed by atoms with Gasteiger partial charge in [-0.2, -0.15) is 0 Å². The number of carbonyl (C=O) groups is 1. The van der Waals surface area contributed by atoms with Gasteiger partial charge in [0.2, 0.25) is 0 Å². The van der Waals surface area contributed by atoms with E-state index in [2.05, 4.69) is 10.3 Å². The van der Waals surface area contributed by atoms with Crippen molar-refractivity contribution < 1.29 is 23.9 Å². The summed E-state index contributed by atoms with van der Waals surface area (Å²) in [7, 11) is 3.03. The van der Waals surface area contributed by atoms with Crippen LogP contribution < -0.4 is 19.5 Å². The van der Waals surface area contributed by atoms with Crippen LogP contribution in [0.15, 0.2) is 72.9 Å². The molecule has 0 aliphatic rings. The van der Waals surface area contributed by atoms with Crippen LogP contribution in [0, 0.1) is 10.1 Å². The second kappa shape index (κ2) is 10.6. The Balaban J connectivity index is 1.50. The van der Waals surface area contributed by atoms with Crippen LogP contribution in [0.2, 0.25) is 0 Å². The number of nitrogens with zero attached hydrogens (tertiary/aromatic N) is 1. The zero-order valence-corrected chi connectivity index (χ0v) is 19.3. The number of hydrogen-bond donors (Lipinski definition) is 2. The van der Waals surface area contributed by atoms with Gasteiger partial charge in [-0.1, -0.05) is 30.3 Å². The molecule has 0 radical (unpaired) electrons. The van der Waals surface area contributed by atoms with Crippen LogP contribution in [-0.2, 0) is 4.79 Å². The number of rotatable bonds is 10. The highest BCUT2D eigenvalue weighted by Crippen LogP contribution is 2.32. The van der Waals surface area contributed by atoms with Crippen molar-refractivity contribution in [1.82, 2.24) is 10.3 Å². The lowest BCUT2D eigenvalue weighted by atomic mass is 9.91. The summed E-state index contributed by atoms with van der Waals surface area (Å²) < 4.78 is 15.8. The molecule has 4 rings (SSSR count). The largest absolute Gasteiger partial charge is 0.497 e. The number of fused-ring (bicyclic) bond motifs is 1. The van der Waals surface area contributed by atoms with Gasteiger partial charge in [-0.25, -0.2) is 0 Å². The van der Waals surface area contributed by atoms with E-state index in [9.17, 15) is 14.9 Å². The number of ether oxygens (including phenoxy) is 3. The molecule has 1 aromatic heterocycles. The summed E-state index contributed by atoms with van der Waals surface area (Å²) in [5, 5.41) is 15.3. The van der Waals surface area contributed by atoms with E-state index in [4.69, 9.17) is 14.2 Å². The van der Waals surface area contributed by atoms with Crippen molar-refractivity contribution in [3.05, 3.63) is 94.2 Å². The zero-order valence-electron chi connectivity index (χ0n) is 19.3. The summed E-state index contributed by atoms with van der Waals surface area (Å²) in [6.45, 7) is -0.0581. The van der Waals surface area contributed by atoms with Gasteiger partial charge in [-0.3, -0.25) is 14.9 Å². The van der Waals surface area contributed by atoms with Crippen molar-refractivity contribution in [2.45, 2.75) is 5.92 Å². The molecule has 3 aromatic carbocycles. The Morgan fingerprint density at radius 3 is 2.46 bits per heavy atom. The Labute approximate surface area is 201 Å². The van der Waals surface area contributed by atoms with Crippen LogP contribution in [0.4, 0.5) is 5.69 Å². The fourth-order valence-corrected chi connectivity index (χ4v) is 3.92. The Morgan fingerprint density at radius 1 is 1.03 bits per heavy atom. The summed E-state index contributed by atoms with van der Waals surface area (Å²) in [5.41, 5.74) is 2.77. The molecule has 9 nitrogen and oxygen atoms in total. The van der Waals surface area contributed by atoms with Crippen LogP contribution in [0.25, 0.3) is 10.9 Å². The second-order valence-electron chi connectivity index (χ2n) is 7.80. The summed E-state index contributed by atoms with van der Waals surface area (Å²) >= 11 is 0. The summed E-state index contributed by atoms with van der Waals surface area (Å²) in [6, 6.07) is 19.9. The zero-order chi connectivity index (χ0) is 24.8. The van der Waals surface area contributed by atoms with Crippen LogP contribution in [-0.4, -0.2) is 43.2 Å². The number of hydrogen-bond acceptors (Lipinski definition) is 6. The first-order valence-electron chi connectivity index (χ1n) is 10.9. The van der Waals surface area contributed by atoms with E-state index in [1.54, 1.807) is 7.11 Å². The van der Waals surface area contributed by atoms with E-state index in [0.717, 1.165) is 27.8 Å². The predicted molar refractivity (Wildman–Crippen MR) is 131 cm³/mol. The summed E-state index contributed by atoms with van der Waals surface area (Å²) in [6.07, 6.45) is 1.95. The summed E-state index contributed by atoms with van der Waals surface area (Å²) in [5.74, 6) is 0.526. The van der Waals surface area contributed by atoms with Gasteiger partial charge in [0.1, 0.15) is 11.5 Å². The summed E-state index contributed by atoms with van der Waals surface area (Å²) in [4.78, 5) is 26.7. The van der Waals surface area contributed by atoms with E-state index >= 15 is 0 Å². The maximum atomic E-state index is 12.6. The van der Waals surface area contributed by atoms with E-state index in [-0.39, 0.29) is 24.0 Å². The number of aromatic amines is 1. The number of carbonyl (C=O) groups excluding carboxylic acids is 1. The quantitative estimate of drug-likeness (QED) is 0.259. The van der Waals surface area contributed by atoms with Crippen LogP contribution in [0.3, 0.4) is 0 Å². The number of amides is 1. The Hall–Kier alpha value is -4.53. The van der Waals surface area contributed by atoms with E-state index in [0.29, 0.717) is 12.3 Å². The first-order valence-corrected chi connectivity index (χ1v) is 10.9. The van der Waals surface area contributed by atoms with Gasteiger partial charge in [0, 0.05) is 29.6 Å². The monoisotopic (exact) mass is 475 g/mol. The molecule has 0 aliphatic carbocycles. The molecule has 9 heteroatoms. The molecule has 2 N–H and O–H groups in total. The topological polar surface area (TPSA) is 116 Å². The minimum atomic E-state index is -0.577. The minimum absolute atomic E-state index is 0.00529. The molecule has 1 unspecified atom stereocenters. The molecular formula is C26H25N3O6. The van der Waals surface area contributed by atoms with Gasteiger partial charge >= 0.3 is 5.69 Å². The normalized spacial score (nSPS) is 11.6. The molecule has 0 spiro atoms. The average molecular weight is 476 g/mol. The highest BCUT2D eigenvalue weighted by atomic mass is 16.6. The number of benzene rings is 3. The van der Waals surface area contributed by atoms with Crippen molar-refractivity contribution in [3.63, 3.8) is 0 Å². The highest BCUT2D eigenvalue weighted by molar-refractivity contribution is 5.84. The van der Waals surface area contributed by atoms with Gasteiger partial charge in [-0.15, -0.1) is 0 Å². The third kappa shape index (κ3) is 5.35. The maximum absolute atomic E-state index is 12.6. The highest BCUT2D eigenvalue weighted by Gasteiger charge is 2.21. The minimum Gasteiger partial charge on any atom is -0.497 e. The molecular weight excluding hydrogens is 450 g/mol. The van der Waals surface area contributed by atoms with E-state index in [1.165, 1.54) is 25.3 Å². The Morgan fingerprint density at radius 2 is 1.74 bits per heavy atom. The molecule has 1 heterocycles. The Kier molecular flexibility index (Phi) is 7.15. The number of aromatic nitrogens is 1. The lowest BCUT2D eigenvalue weighted by Gasteiger charge is -2.19. The van der Waals surface area contributed by atoms with Crippen LogP contribution >= 0.6 is 0 Å². The predicted octanol–water partition coefficient (Wildman–Crippen LogP) is 4.42. The third-order valence-corrected chi connectivity index (χ3v) is 5.74. The molecule has 0 saturated heterocycles. The molecule has 0 saturated carbocycles. The first kappa shape index (κ1) is 23.6.